The molecule has 0 radical (unpaired) electrons. The van der Waals surface area contributed by atoms with Gasteiger partial charge in [-0.25, -0.2) is 9.37 Å². The van der Waals surface area contributed by atoms with Crippen molar-refractivity contribution < 1.29 is 13.9 Å². The Bertz CT molecular complexity index is 954. The summed E-state index contributed by atoms with van der Waals surface area (Å²) in [7, 11) is 1.53. The van der Waals surface area contributed by atoms with Gasteiger partial charge in [-0.1, -0.05) is 30.3 Å². The molecule has 1 aliphatic heterocycles. The first-order valence-electron chi connectivity index (χ1n) is 9.70. The average molecular weight is 380 g/mol. The van der Waals surface area contributed by atoms with E-state index in [1.54, 1.807) is 0 Å². The summed E-state index contributed by atoms with van der Waals surface area (Å²) in [6.07, 6.45) is 2.01. The van der Waals surface area contributed by atoms with Crippen LogP contribution >= 0.6 is 0 Å². The van der Waals surface area contributed by atoms with E-state index >= 15 is 0 Å². The molecule has 5 heteroatoms. The number of aromatic nitrogens is 1. The van der Waals surface area contributed by atoms with Crippen molar-refractivity contribution in [3.63, 3.8) is 0 Å². The lowest BCUT2D eigenvalue weighted by Crippen LogP contribution is -2.37. The van der Waals surface area contributed by atoms with E-state index < -0.39 is 0 Å². The number of hydrogen-bond donors (Lipinski definition) is 0. The first-order valence-corrected chi connectivity index (χ1v) is 9.70. The third-order valence-electron chi connectivity index (χ3n) is 5.23. The van der Waals surface area contributed by atoms with Crippen molar-refractivity contribution in [1.29, 1.82) is 0 Å². The third kappa shape index (κ3) is 4.09. The number of nitrogens with zero attached hydrogens (tertiary/aromatic N) is 2. The van der Waals surface area contributed by atoms with Gasteiger partial charge in [0.1, 0.15) is 28.9 Å². The molecular formula is C23H25FN2O2. The van der Waals surface area contributed by atoms with E-state index in [-0.39, 0.29) is 11.9 Å². The van der Waals surface area contributed by atoms with Crippen molar-refractivity contribution in [2.24, 2.45) is 0 Å². The number of rotatable bonds is 5. The fourth-order valence-electron chi connectivity index (χ4n) is 3.81. The van der Waals surface area contributed by atoms with Crippen LogP contribution in [-0.2, 0) is 6.54 Å². The lowest BCUT2D eigenvalue weighted by Gasteiger charge is -2.32. The first-order chi connectivity index (χ1) is 13.6. The number of pyridine rings is 1. The minimum Gasteiger partial charge on any atom is -0.494 e. The maximum atomic E-state index is 14.0. The molecule has 28 heavy (non-hydrogen) atoms. The van der Waals surface area contributed by atoms with E-state index in [4.69, 9.17) is 9.47 Å². The third-order valence-corrected chi connectivity index (χ3v) is 5.23. The second kappa shape index (κ2) is 8.15. The molecule has 0 unspecified atom stereocenters. The van der Waals surface area contributed by atoms with E-state index in [2.05, 4.69) is 34.1 Å². The molecule has 2 heterocycles. The highest BCUT2D eigenvalue weighted by molar-refractivity contribution is 5.90. The molecule has 3 aromatic rings. The van der Waals surface area contributed by atoms with Crippen LogP contribution in [0.5, 0.6) is 11.5 Å². The zero-order valence-corrected chi connectivity index (χ0v) is 16.3. The van der Waals surface area contributed by atoms with E-state index in [0.717, 1.165) is 38.2 Å². The van der Waals surface area contributed by atoms with Crippen molar-refractivity contribution in [2.45, 2.75) is 32.4 Å². The number of methoxy groups -OCH3 is 1. The number of piperidine rings is 1. The number of benzene rings is 2. The van der Waals surface area contributed by atoms with Gasteiger partial charge < -0.3 is 9.47 Å². The normalized spacial score (nSPS) is 15.7. The molecule has 1 fully saturated rings. The molecule has 4 rings (SSSR count). The molecule has 1 aromatic heterocycles. The monoisotopic (exact) mass is 380 g/mol. The molecular weight excluding hydrogens is 355 g/mol. The van der Waals surface area contributed by atoms with Gasteiger partial charge in [-0.05, 0) is 31.4 Å². The molecule has 0 saturated carbocycles. The fourth-order valence-corrected chi connectivity index (χ4v) is 3.81. The SMILES string of the molecule is COc1cc(F)cc2c(OC3CCN(Cc4ccccc4)CC3)cc(C)nc12. The van der Waals surface area contributed by atoms with Gasteiger partial charge in [-0.15, -0.1) is 0 Å². The molecule has 4 nitrogen and oxygen atoms in total. The van der Waals surface area contributed by atoms with Gasteiger partial charge in [0, 0.05) is 42.8 Å². The average Bonchev–Trinajstić information content (AvgIpc) is 2.70. The topological polar surface area (TPSA) is 34.6 Å². The van der Waals surface area contributed by atoms with Crippen LogP contribution in [0.15, 0.2) is 48.5 Å². The number of likely N-dealkylation sites (tertiary alicyclic amines) is 1. The van der Waals surface area contributed by atoms with Crippen LogP contribution < -0.4 is 9.47 Å². The Morgan fingerprint density at radius 1 is 1.07 bits per heavy atom. The van der Waals surface area contributed by atoms with Crippen LogP contribution in [-0.4, -0.2) is 36.2 Å². The molecule has 0 aliphatic carbocycles. The van der Waals surface area contributed by atoms with E-state index in [1.807, 2.05) is 19.1 Å². The van der Waals surface area contributed by atoms with Crippen molar-refractivity contribution >= 4 is 10.9 Å². The number of halogens is 1. The van der Waals surface area contributed by atoms with Gasteiger partial charge in [0.15, 0.2) is 0 Å². The van der Waals surface area contributed by atoms with Crippen LogP contribution in [0.2, 0.25) is 0 Å². The molecule has 0 amide bonds. The Balaban J connectivity index is 1.48. The molecule has 146 valence electrons. The zero-order valence-electron chi connectivity index (χ0n) is 16.3. The number of hydrogen-bond acceptors (Lipinski definition) is 4. The summed E-state index contributed by atoms with van der Waals surface area (Å²) in [4.78, 5) is 6.97. The smallest absolute Gasteiger partial charge is 0.148 e. The largest absolute Gasteiger partial charge is 0.494 e. The summed E-state index contributed by atoms with van der Waals surface area (Å²) in [5, 5.41) is 0.661. The quantitative estimate of drug-likeness (QED) is 0.641. The Hall–Kier alpha value is -2.66. The Morgan fingerprint density at radius 3 is 2.54 bits per heavy atom. The van der Waals surface area contributed by atoms with Crippen molar-refractivity contribution in [2.75, 3.05) is 20.2 Å². The van der Waals surface area contributed by atoms with Gasteiger partial charge in [-0.3, -0.25) is 4.90 Å². The number of fused-ring (bicyclic) bond motifs is 1. The minimum absolute atomic E-state index is 0.117. The maximum Gasteiger partial charge on any atom is 0.148 e. The maximum absolute atomic E-state index is 14.0. The molecule has 0 atom stereocenters. The van der Waals surface area contributed by atoms with Crippen LogP contribution in [0.3, 0.4) is 0 Å². The Morgan fingerprint density at radius 2 is 1.82 bits per heavy atom. The highest BCUT2D eigenvalue weighted by atomic mass is 19.1. The highest BCUT2D eigenvalue weighted by Crippen LogP contribution is 2.34. The van der Waals surface area contributed by atoms with Crippen molar-refractivity contribution in [3.05, 3.63) is 65.6 Å². The zero-order chi connectivity index (χ0) is 19.5. The summed E-state index contributed by atoms with van der Waals surface area (Å²) >= 11 is 0. The number of aryl methyl sites for hydroxylation is 1. The van der Waals surface area contributed by atoms with Crippen LogP contribution in [0, 0.1) is 12.7 Å². The van der Waals surface area contributed by atoms with Crippen LogP contribution in [0.1, 0.15) is 24.1 Å². The second-order valence-electron chi connectivity index (χ2n) is 7.34. The van der Waals surface area contributed by atoms with E-state index in [9.17, 15) is 4.39 Å². The molecule has 0 spiro atoms. The van der Waals surface area contributed by atoms with Crippen LogP contribution in [0.25, 0.3) is 10.9 Å². The standard InChI is InChI=1S/C23H25FN2O2/c1-16-12-21(20-13-18(24)14-22(27-2)23(20)25-16)28-19-8-10-26(11-9-19)15-17-6-4-3-5-7-17/h3-7,12-14,19H,8-11,15H2,1-2H3. The van der Waals surface area contributed by atoms with Gasteiger partial charge in [0.25, 0.3) is 0 Å². The van der Waals surface area contributed by atoms with Crippen molar-refractivity contribution in [3.8, 4) is 11.5 Å². The Kier molecular flexibility index (Phi) is 5.44. The van der Waals surface area contributed by atoms with E-state index in [1.165, 1.54) is 24.8 Å². The Labute approximate surface area is 164 Å². The van der Waals surface area contributed by atoms with Gasteiger partial charge >= 0.3 is 0 Å². The first kappa shape index (κ1) is 18.7. The summed E-state index contributed by atoms with van der Waals surface area (Å²) in [5.41, 5.74) is 2.80. The van der Waals surface area contributed by atoms with Gasteiger partial charge in [0.2, 0.25) is 0 Å². The molecule has 0 bridgehead atoms. The summed E-state index contributed by atoms with van der Waals surface area (Å²) in [6, 6.07) is 15.3. The van der Waals surface area contributed by atoms with Gasteiger partial charge in [-0.2, -0.15) is 0 Å². The summed E-state index contributed by atoms with van der Waals surface area (Å²) in [5.74, 6) is 0.764. The van der Waals surface area contributed by atoms with Gasteiger partial charge in [0.05, 0.1) is 7.11 Å². The summed E-state index contributed by atoms with van der Waals surface area (Å²) in [6.45, 7) is 4.85. The lowest BCUT2D eigenvalue weighted by molar-refractivity contribution is 0.0979. The fraction of sp³-hybridized carbons (Fsp3) is 0.348. The number of ether oxygens (including phenoxy) is 2. The molecule has 0 N–H and O–H groups in total. The molecule has 2 aromatic carbocycles. The second-order valence-corrected chi connectivity index (χ2v) is 7.34. The molecule has 1 aliphatic rings. The molecule has 1 saturated heterocycles. The summed E-state index contributed by atoms with van der Waals surface area (Å²) < 4.78 is 25.7. The minimum atomic E-state index is -0.350. The van der Waals surface area contributed by atoms with Crippen LogP contribution in [0.4, 0.5) is 4.39 Å². The van der Waals surface area contributed by atoms with Crippen molar-refractivity contribution in [1.82, 2.24) is 9.88 Å². The predicted molar refractivity (Wildman–Crippen MR) is 108 cm³/mol. The predicted octanol–water partition coefficient (Wildman–Crippen LogP) is 4.73. The van der Waals surface area contributed by atoms with E-state index in [0.29, 0.717) is 22.4 Å². The lowest BCUT2D eigenvalue weighted by atomic mass is 10.1. The highest BCUT2D eigenvalue weighted by Gasteiger charge is 2.22.